The number of nitrogens with zero attached hydrogens (tertiary/aromatic N) is 1. The minimum absolute atomic E-state index is 0.0565. The zero-order valence-electron chi connectivity index (χ0n) is 11.1. The first-order valence-corrected chi connectivity index (χ1v) is 6.25. The predicted octanol–water partition coefficient (Wildman–Crippen LogP) is 1.72. The molecule has 18 heavy (non-hydrogen) atoms. The summed E-state index contributed by atoms with van der Waals surface area (Å²) in [7, 11) is 0. The first kappa shape index (κ1) is 14.6. The molecule has 0 aromatic carbocycles. The molecular formula is C12H19N3O2S. The van der Waals surface area contributed by atoms with E-state index in [2.05, 4.69) is 10.3 Å². The van der Waals surface area contributed by atoms with Crippen molar-refractivity contribution in [1.29, 1.82) is 0 Å². The Bertz CT molecular complexity index is 442. The molecule has 0 bridgehead atoms. The lowest BCUT2D eigenvalue weighted by molar-refractivity contribution is -0.124. The number of hydrogen-bond donors (Lipinski definition) is 2. The van der Waals surface area contributed by atoms with Crippen molar-refractivity contribution in [2.45, 2.75) is 33.7 Å². The van der Waals surface area contributed by atoms with Gasteiger partial charge in [0.2, 0.25) is 11.8 Å². The van der Waals surface area contributed by atoms with E-state index in [0.717, 1.165) is 0 Å². The van der Waals surface area contributed by atoms with Crippen molar-refractivity contribution in [2.75, 3.05) is 0 Å². The second-order valence-electron chi connectivity index (χ2n) is 4.66. The topological polar surface area (TPSA) is 81.2 Å². The summed E-state index contributed by atoms with van der Waals surface area (Å²) in [6.45, 7) is 7.42. The normalized spacial score (nSPS) is 14.3. The molecule has 1 aromatic heterocycles. The minimum Gasteiger partial charge on any atom is -0.444 e. The van der Waals surface area contributed by atoms with Crippen LogP contribution in [0.25, 0.3) is 0 Å². The van der Waals surface area contributed by atoms with Crippen LogP contribution >= 0.6 is 12.2 Å². The number of carbonyl (C=O) groups is 1. The number of aryl methyl sites for hydroxylation is 1. The van der Waals surface area contributed by atoms with E-state index in [-0.39, 0.29) is 22.9 Å². The zero-order chi connectivity index (χ0) is 13.9. The maximum absolute atomic E-state index is 12.1. The van der Waals surface area contributed by atoms with Gasteiger partial charge in [-0.2, -0.15) is 0 Å². The van der Waals surface area contributed by atoms with Crippen molar-refractivity contribution in [3.05, 3.63) is 17.8 Å². The molecule has 1 amide bonds. The first-order chi connectivity index (χ1) is 8.32. The number of rotatable bonds is 5. The molecule has 0 fully saturated rings. The number of amides is 1. The number of nitrogens with one attached hydrogen (secondary N) is 1. The number of nitrogens with two attached hydrogens (primary N) is 1. The fourth-order valence-corrected chi connectivity index (χ4v) is 2.08. The average molecular weight is 269 g/mol. The molecule has 1 aromatic rings. The van der Waals surface area contributed by atoms with Gasteiger partial charge in [0.25, 0.3) is 0 Å². The molecule has 3 N–H and O–H groups in total. The van der Waals surface area contributed by atoms with E-state index in [1.165, 1.54) is 0 Å². The van der Waals surface area contributed by atoms with Crippen LogP contribution < -0.4 is 11.1 Å². The Labute approximate surface area is 112 Å². The van der Waals surface area contributed by atoms with Crippen LogP contribution in [0.1, 0.15) is 38.5 Å². The number of hydrogen-bond acceptors (Lipinski definition) is 4. The van der Waals surface area contributed by atoms with E-state index in [4.69, 9.17) is 22.4 Å². The maximum Gasteiger partial charge on any atom is 0.230 e. The third-order valence-corrected chi connectivity index (χ3v) is 2.88. The molecule has 100 valence electrons. The lowest BCUT2D eigenvalue weighted by atomic mass is 9.94. The van der Waals surface area contributed by atoms with Gasteiger partial charge < -0.3 is 15.5 Å². The summed E-state index contributed by atoms with van der Waals surface area (Å²) in [6.07, 6.45) is 1.62. The SMILES string of the molecule is Cc1cnc(C(C)NC(=O)C(C(N)=S)C(C)C)o1. The van der Waals surface area contributed by atoms with Crippen LogP contribution in [0.4, 0.5) is 0 Å². The maximum atomic E-state index is 12.1. The molecule has 0 aliphatic rings. The van der Waals surface area contributed by atoms with Gasteiger partial charge in [0.05, 0.1) is 17.1 Å². The summed E-state index contributed by atoms with van der Waals surface area (Å²) in [5.74, 6) is 0.576. The van der Waals surface area contributed by atoms with Crippen LogP contribution in [0, 0.1) is 18.8 Å². The van der Waals surface area contributed by atoms with Crippen molar-refractivity contribution < 1.29 is 9.21 Å². The highest BCUT2D eigenvalue weighted by Gasteiger charge is 2.27. The van der Waals surface area contributed by atoms with Crippen molar-refractivity contribution in [2.24, 2.45) is 17.6 Å². The van der Waals surface area contributed by atoms with Crippen LogP contribution in [0.2, 0.25) is 0 Å². The Hall–Kier alpha value is -1.43. The molecule has 0 aliphatic carbocycles. The number of carbonyl (C=O) groups excluding carboxylic acids is 1. The fraction of sp³-hybridized carbons (Fsp3) is 0.583. The summed E-state index contributed by atoms with van der Waals surface area (Å²) in [5, 5.41) is 2.81. The summed E-state index contributed by atoms with van der Waals surface area (Å²) >= 11 is 4.92. The fourth-order valence-electron chi connectivity index (χ4n) is 1.70. The highest BCUT2D eigenvalue weighted by Crippen LogP contribution is 2.16. The van der Waals surface area contributed by atoms with Crippen molar-refractivity contribution in [3.8, 4) is 0 Å². The number of aromatic nitrogens is 1. The Morgan fingerprint density at radius 1 is 1.50 bits per heavy atom. The molecule has 2 atom stereocenters. The van der Waals surface area contributed by atoms with Gasteiger partial charge in [-0.1, -0.05) is 26.1 Å². The van der Waals surface area contributed by atoms with Gasteiger partial charge in [-0.05, 0) is 19.8 Å². The Morgan fingerprint density at radius 2 is 2.11 bits per heavy atom. The number of oxazole rings is 1. The first-order valence-electron chi connectivity index (χ1n) is 5.85. The predicted molar refractivity (Wildman–Crippen MR) is 72.9 cm³/mol. The average Bonchev–Trinajstić information content (AvgIpc) is 2.63. The summed E-state index contributed by atoms with van der Waals surface area (Å²) in [4.78, 5) is 16.3. The molecule has 1 rings (SSSR count). The molecule has 5 nitrogen and oxygen atoms in total. The molecule has 0 saturated heterocycles. The second kappa shape index (κ2) is 5.95. The van der Waals surface area contributed by atoms with Crippen molar-refractivity contribution in [3.63, 3.8) is 0 Å². The lowest BCUT2D eigenvalue weighted by Gasteiger charge is -2.20. The molecule has 0 radical (unpaired) electrons. The van der Waals surface area contributed by atoms with Gasteiger partial charge in [-0.25, -0.2) is 4.98 Å². The Kier molecular flexibility index (Phi) is 4.84. The smallest absolute Gasteiger partial charge is 0.230 e. The van der Waals surface area contributed by atoms with Gasteiger partial charge in [-0.3, -0.25) is 4.79 Å². The van der Waals surface area contributed by atoms with E-state index in [0.29, 0.717) is 11.7 Å². The van der Waals surface area contributed by atoms with E-state index in [1.54, 1.807) is 20.0 Å². The van der Waals surface area contributed by atoms with Crippen molar-refractivity contribution >= 4 is 23.1 Å². The third kappa shape index (κ3) is 3.53. The minimum atomic E-state index is -0.474. The van der Waals surface area contributed by atoms with E-state index in [1.807, 2.05) is 13.8 Å². The molecule has 2 unspecified atom stereocenters. The molecular weight excluding hydrogens is 250 g/mol. The van der Waals surface area contributed by atoms with Gasteiger partial charge in [-0.15, -0.1) is 0 Å². The van der Waals surface area contributed by atoms with E-state index < -0.39 is 5.92 Å². The largest absolute Gasteiger partial charge is 0.444 e. The van der Waals surface area contributed by atoms with Crippen LogP contribution in [0.5, 0.6) is 0 Å². The van der Waals surface area contributed by atoms with Crippen molar-refractivity contribution in [1.82, 2.24) is 10.3 Å². The molecule has 1 heterocycles. The van der Waals surface area contributed by atoms with E-state index >= 15 is 0 Å². The van der Waals surface area contributed by atoms with Crippen LogP contribution in [-0.2, 0) is 4.79 Å². The lowest BCUT2D eigenvalue weighted by Crippen LogP contribution is -2.41. The van der Waals surface area contributed by atoms with Crippen LogP contribution in [-0.4, -0.2) is 15.9 Å². The molecule has 0 saturated carbocycles. The monoisotopic (exact) mass is 269 g/mol. The highest BCUT2D eigenvalue weighted by molar-refractivity contribution is 7.80. The molecule has 0 aliphatic heterocycles. The van der Waals surface area contributed by atoms with Gasteiger partial charge >= 0.3 is 0 Å². The standard InChI is InChI=1S/C12H19N3O2S/c1-6(2)9(10(13)18)11(16)15-8(4)12-14-5-7(3)17-12/h5-6,8-9H,1-4H3,(H2,13,18)(H,15,16). The Morgan fingerprint density at radius 3 is 2.50 bits per heavy atom. The van der Waals surface area contributed by atoms with Crippen LogP contribution in [0.3, 0.4) is 0 Å². The number of thiocarbonyl (C=S) groups is 1. The Balaban J connectivity index is 2.72. The summed E-state index contributed by atoms with van der Waals surface area (Å²) in [6, 6.07) is -0.304. The van der Waals surface area contributed by atoms with Gasteiger partial charge in [0, 0.05) is 0 Å². The second-order valence-corrected chi connectivity index (χ2v) is 5.13. The van der Waals surface area contributed by atoms with Crippen LogP contribution in [0.15, 0.2) is 10.6 Å². The van der Waals surface area contributed by atoms with Gasteiger partial charge in [0.15, 0.2) is 0 Å². The quantitative estimate of drug-likeness (QED) is 0.795. The molecule has 6 heteroatoms. The zero-order valence-corrected chi connectivity index (χ0v) is 11.9. The summed E-state index contributed by atoms with van der Waals surface area (Å²) in [5.41, 5.74) is 5.59. The third-order valence-electron chi connectivity index (χ3n) is 2.62. The van der Waals surface area contributed by atoms with Gasteiger partial charge in [0.1, 0.15) is 11.8 Å². The summed E-state index contributed by atoms with van der Waals surface area (Å²) < 4.78 is 5.36. The highest BCUT2D eigenvalue weighted by atomic mass is 32.1. The molecule has 0 spiro atoms. The van der Waals surface area contributed by atoms with E-state index in [9.17, 15) is 4.79 Å².